The predicted octanol–water partition coefficient (Wildman–Crippen LogP) is 5.23. The standard InChI is InChI=1S/C23H23F3N6O3S2/c1-13(2)10-20-14(3)27-22(36-20)37(33,34)30-18-9-8-17(23(24,25)26)11-19(18)35-12-15-4-6-16(7-5-15)21-28-31-32-29-21/h4-9,11,13,30H,10,12H2,1-3H3,(H,28,29,31,32). The number of halogens is 3. The van der Waals surface area contributed by atoms with Gasteiger partial charge < -0.3 is 4.74 Å². The second-order valence-electron chi connectivity index (χ2n) is 8.64. The molecule has 2 N–H and O–H groups in total. The van der Waals surface area contributed by atoms with Crippen LogP contribution in [-0.2, 0) is 29.2 Å². The first-order valence-electron chi connectivity index (χ1n) is 11.1. The van der Waals surface area contributed by atoms with E-state index in [9.17, 15) is 21.6 Å². The Labute approximate surface area is 215 Å². The zero-order valence-corrected chi connectivity index (χ0v) is 21.6. The van der Waals surface area contributed by atoms with E-state index in [1.54, 1.807) is 31.2 Å². The van der Waals surface area contributed by atoms with Gasteiger partial charge in [0, 0.05) is 10.4 Å². The van der Waals surface area contributed by atoms with Crippen molar-refractivity contribution < 1.29 is 26.3 Å². The van der Waals surface area contributed by atoms with Crippen molar-refractivity contribution in [1.82, 2.24) is 25.6 Å². The third-order valence-electron chi connectivity index (χ3n) is 5.22. The summed E-state index contributed by atoms with van der Waals surface area (Å²) in [4.78, 5) is 5.01. The summed E-state index contributed by atoms with van der Waals surface area (Å²) in [7, 11) is -4.16. The Kier molecular flexibility index (Phi) is 7.50. The minimum atomic E-state index is -4.64. The van der Waals surface area contributed by atoms with Crippen LogP contribution in [0.2, 0.25) is 0 Å². The van der Waals surface area contributed by atoms with Crippen molar-refractivity contribution in [3.8, 4) is 17.1 Å². The largest absolute Gasteiger partial charge is 0.487 e. The van der Waals surface area contributed by atoms with E-state index in [0.29, 0.717) is 35.0 Å². The molecule has 4 aromatic rings. The van der Waals surface area contributed by atoms with Gasteiger partial charge in [-0.2, -0.15) is 21.6 Å². The number of aryl methyl sites for hydroxylation is 1. The van der Waals surface area contributed by atoms with E-state index >= 15 is 0 Å². The molecule has 0 saturated carbocycles. The van der Waals surface area contributed by atoms with Crippen molar-refractivity contribution >= 4 is 27.0 Å². The summed E-state index contributed by atoms with van der Waals surface area (Å²) in [5, 5.41) is 13.5. The Balaban J connectivity index is 1.58. The minimum Gasteiger partial charge on any atom is -0.487 e. The van der Waals surface area contributed by atoms with Crippen LogP contribution in [0.15, 0.2) is 46.8 Å². The molecular formula is C23H23F3N6O3S2. The number of benzene rings is 2. The number of aromatic amines is 1. The van der Waals surface area contributed by atoms with Gasteiger partial charge in [-0.1, -0.05) is 38.1 Å². The fourth-order valence-corrected chi connectivity index (χ4v) is 6.04. The molecule has 9 nitrogen and oxygen atoms in total. The monoisotopic (exact) mass is 552 g/mol. The number of hydrogen-bond donors (Lipinski definition) is 2. The highest BCUT2D eigenvalue weighted by molar-refractivity contribution is 7.94. The van der Waals surface area contributed by atoms with Crippen LogP contribution in [0.25, 0.3) is 11.4 Å². The van der Waals surface area contributed by atoms with E-state index in [-0.39, 0.29) is 22.4 Å². The van der Waals surface area contributed by atoms with Gasteiger partial charge >= 0.3 is 6.18 Å². The van der Waals surface area contributed by atoms with E-state index < -0.39 is 21.8 Å². The first kappa shape index (κ1) is 26.5. The summed E-state index contributed by atoms with van der Waals surface area (Å²) < 4.78 is 74.1. The molecule has 0 aliphatic rings. The molecule has 4 rings (SSSR count). The zero-order chi connectivity index (χ0) is 26.8. The fraction of sp³-hybridized carbons (Fsp3) is 0.304. The molecule has 0 unspecified atom stereocenters. The van der Waals surface area contributed by atoms with Crippen LogP contribution in [0, 0.1) is 12.8 Å². The molecule has 0 aliphatic carbocycles. The molecule has 0 atom stereocenters. The average molecular weight is 553 g/mol. The summed E-state index contributed by atoms with van der Waals surface area (Å²) >= 11 is 1.04. The normalized spacial score (nSPS) is 12.2. The minimum absolute atomic E-state index is 0.111. The first-order valence-corrected chi connectivity index (χ1v) is 13.4. The highest BCUT2D eigenvalue weighted by Gasteiger charge is 2.32. The number of nitrogens with one attached hydrogen (secondary N) is 2. The predicted molar refractivity (Wildman–Crippen MR) is 132 cm³/mol. The molecule has 2 heterocycles. The van der Waals surface area contributed by atoms with E-state index in [0.717, 1.165) is 34.4 Å². The van der Waals surface area contributed by atoms with Crippen LogP contribution in [0.1, 0.15) is 35.5 Å². The lowest BCUT2D eigenvalue weighted by molar-refractivity contribution is -0.137. The van der Waals surface area contributed by atoms with Crippen molar-refractivity contribution in [2.24, 2.45) is 5.92 Å². The number of hydrogen-bond acceptors (Lipinski definition) is 8. The molecular weight excluding hydrogens is 529 g/mol. The van der Waals surface area contributed by atoms with Crippen LogP contribution in [0.5, 0.6) is 5.75 Å². The Morgan fingerprint density at radius 3 is 2.49 bits per heavy atom. The molecule has 196 valence electrons. The van der Waals surface area contributed by atoms with Gasteiger partial charge in [-0.3, -0.25) is 4.72 Å². The highest BCUT2D eigenvalue weighted by atomic mass is 32.2. The average Bonchev–Trinajstić information content (AvgIpc) is 3.48. The summed E-state index contributed by atoms with van der Waals surface area (Å²) in [6, 6.07) is 9.43. The fourth-order valence-electron chi connectivity index (χ4n) is 3.37. The van der Waals surface area contributed by atoms with Gasteiger partial charge in [-0.25, -0.2) is 10.1 Å². The number of tetrazole rings is 1. The summed E-state index contributed by atoms with van der Waals surface area (Å²) in [5.41, 5.74) is 0.847. The van der Waals surface area contributed by atoms with Crippen molar-refractivity contribution in [3.63, 3.8) is 0 Å². The lowest BCUT2D eigenvalue weighted by Gasteiger charge is -2.16. The van der Waals surface area contributed by atoms with Gasteiger partial charge in [0.1, 0.15) is 12.4 Å². The van der Waals surface area contributed by atoms with E-state index in [1.165, 1.54) is 0 Å². The van der Waals surface area contributed by atoms with Gasteiger partial charge in [0.15, 0.2) is 5.82 Å². The number of rotatable bonds is 9. The number of ether oxygens (including phenoxy) is 1. The van der Waals surface area contributed by atoms with Crippen LogP contribution >= 0.6 is 11.3 Å². The van der Waals surface area contributed by atoms with Gasteiger partial charge in [0.05, 0.1) is 16.9 Å². The first-order chi connectivity index (χ1) is 17.4. The SMILES string of the molecule is Cc1nc(S(=O)(=O)Nc2ccc(C(F)(F)F)cc2OCc2ccc(-c3nnn[nH]3)cc2)sc1CC(C)C. The molecule has 0 spiro atoms. The number of thiazole rings is 1. The second kappa shape index (κ2) is 10.5. The van der Waals surface area contributed by atoms with E-state index in [4.69, 9.17) is 4.74 Å². The number of aromatic nitrogens is 5. The Bertz CT molecular complexity index is 1470. The van der Waals surface area contributed by atoms with E-state index in [1.807, 2.05) is 13.8 Å². The second-order valence-corrected chi connectivity index (χ2v) is 11.6. The molecule has 0 aliphatic heterocycles. The Hall–Kier alpha value is -3.52. The zero-order valence-electron chi connectivity index (χ0n) is 20.0. The lowest BCUT2D eigenvalue weighted by Crippen LogP contribution is -2.14. The van der Waals surface area contributed by atoms with Gasteiger partial charge in [0.25, 0.3) is 10.0 Å². The maximum absolute atomic E-state index is 13.4. The van der Waals surface area contributed by atoms with Gasteiger partial charge in [-0.15, -0.1) is 16.4 Å². The molecule has 0 bridgehead atoms. The highest BCUT2D eigenvalue weighted by Crippen LogP contribution is 2.37. The number of H-pyrrole nitrogens is 1. The Morgan fingerprint density at radius 1 is 1.14 bits per heavy atom. The molecule has 2 aromatic carbocycles. The maximum atomic E-state index is 13.4. The van der Waals surface area contributed by atoms with Crippen molar-refractivity contribution in [2.75, 3.05) is 4.72 Å². The molecule has 14 heteroatoms. The summed E-state index contributed by atoms with van der Waals surface area (Å²) in [6.45, 7) is 5.64. The van der Waals surface area contributed by atoms with Crippen LogP contribution in [0.3, 0.4) is 0 Å². The molecule has 37 heavy (non-hydrogen) atoms. The molecule has 2 aromatic heterocycles. The Morgan fingerprint density at radius 2 is 1.86 bits per heavy atom. The topological polar surface area (TPSA) is 123 Å². The van der Waals surface area contributed by atoms with E-state index in [2.05, 4.69) is 30.3 Å². The van der Waals surface area contributed by atoms with Crippen molar-refractivity contribution in [3.05, 3.63) is 64.2 Å². The third-order valence-corrected chi connectivity index (χ3v) is 8.14. The number of anilines is 1. The summed E-state index contributed by atoms with van der Waals surface area (Å²) in [6.07, 6.45) is -3.97. The van der Waals surface area contributed by atoms with Gasteiger partial charge in [-0.05, 0) is 53.5 Å². The van der Waals surface area contributed by atoms with Crippen LogP contribution in [-0.4, -0.2) is 34.0 Å². The molecule has 0 fully saturated rings. The van der Waals surface area contributed by atoms with Crippen molar-refractivity contribution in [1.29, 1.82) is 0 Å². The molecule has 0 radical (unpaired) electrons. The van der Waals surface area contributed by atoms with Crippen LogP contribution in [0.4, 0.5) is 18.9 Å². The quantitative estimate of drug-likeness (QED) is 0.292. The van der Waals surface area contributed by atoms with Crippen LogP contribution < -0.4 is 9.46 Å². The smallest absolute Gasteiger partial charge is 0.416 e. The number of sulfonamides is 1. The van der Waals surface area contributed by atoms with Crippen molar-refractivity contribution in [2.45, 2.75) is 44.3 Å². The maximum Gasteiger partial charge on any atom is 0.416 e. The molecule has 0 saturated heterocycles. The lowest BCUT2D eigenvalue weighted by atomic mass is 10.1. The third kappa shape index (κ3) is 6.43. The number of alkyl halides is 3. The molecule has 0 amide bonds. The van der Waals surface area contributed by atoms with Gasteiger partial charge in [0.2, 0.25) is 4.34 Å². The number of nitrogens with zero attached hydrogens (tertiary/aromatic N) is 4. The summed E-state index contributed by atoms with van der Waals surface area (Å²) in [5.74, 6) is 0.493.